The van der Waals surface area contributed by atoms with Gasteiger partial charge in [0.25, 0.3) is 0 Å². The Kier molecular flexibility index (Phi) is 5.53. The first kappa shape index (κ1) is 19.1. The number of carbonyl (C=O) groups is 2. The maximum Gasteiger partial charge on any atom is 0.231 e. The fraction of sp³-hybridized carbons (Fsp3) is 0.174. The molecule has 1 N–H and O–H groups in total. The van der Waals surface area contributed by atoms with Crippen molar-refractivity contribution in [2.24, 2.45) is 0 Å². The van der Waals surface area contributed by atoms with Gasteiger partial charge >= 0.3 is 0 Å². The van der Waals surface area contributed by atoms with Crippen molar-refractivity contribution >= 4 is 39.2 Å². The third-order valence-electron chi connectivity index (χ3n) is 4.84. The van der Waals surface area contributed by atoms with E-state index in [1.807, 2.05) is 47.8 Å². The monoisotopic (exact) mass is 403 g/mol. The van der Waals surface area contributed by atoms with E-state index >= 15 is 0 Å². The third-order valence-corrected chi connectivity index (χ3v) is 5.60. The molecular weight excluding hydrogens is 382 g/mol. The molecule has 0 saturated heterocycles. The Bertz CT molecular complexity index is 1160. The summed E-state index contributed by atoms with van der Waals surface area (Å²) in [4.78, 5) is 29.3. The van der Waals surface area contributed by atoms with Crippen molar-refractivity contribution in [1.29, 1.82) is 0 Å². The van der Waals surface area contributed by atoms with E-state index in [2.05, 4.69) is 29.4 Å². The SMILES string of the molecule is CCc1ccc(-c2csc(NC(=O)CCC(=O)n3ccc4ccccc43)n2)cc1. The van der Waals surface area contributed by atoms with Gasteiger partial charge in [-0.25, -0.2) is 4.98 Å². The molecule has 2 aromatic carbocycles. The first-order chi connectivity index (χ1) is 14.1. The average molecular weight is 404 g/mol. The Morgan fingerprint density at radius 3 is 2.62 bits per heavy atom. The van der Waals surface area contributed by atoms with Crippen LogP contribution in [0.2, 0.25) is 0 Å². The third kappa shape index (κ3) is 4.27. The molecule has 0 aliphatic carbocycles. The number of rotatable bonds is 6. The van der Waals surface area contributed by atoms with Crippen LogP contribution < -0.4 is 5.32 Å². The predicted molar refractivity (Wildman–Crippen MR) is 117 cm³/mol. The Labute approximate surface area is 173 Å². The molecule has 0 spiro atoms. The quantitative estimate of drug-likeness (QED) is 0.470. The van der Waals surface area contributed by atoms with Crippen molar-refractivity contribution in [3.8, 4) is 11.3 Å². The molecule has 0 aliphatic heterocycles. The summed E-state index contributed by atoms with van der Waals surface area (Å²) in [7, 11) is 0. The molecule has 0 unspecified atom stereocenters. The second-order valence-electron chi connectivity index (χ2n) is 6.77. The van der Waals surface area contributed by atoms with Gasteiger partial charge in [0.2, 0.25) is 11.8 Å². The minimum absolute atomic E-state index is 0.0998. The number of nitrogens with zero attached hydrogens (tertiary/aromatic N) is 2. The first-order valence-electron chi connectivity index (χ1n) is 9.58. The molecule has 146 valence electrons. The summed E-state index contributed by atoms with van der Waals surface area (Å²) in [5.74, 6) is -0.311. The molecule has 2 aromatic heterocycles. The summed E-state index contributed by atoms with van der Waals surface area (Å²) in [6, 6.07) is 17.8. The number of anilines is 1. The minimum Gasteiger partial charge on any atom is -0.302 e. The highest BCUT2D eigenvalue weighted by Crippen LogP contribution is 2.25. The summed E-state index contributed by atoms with van der Waals surface area (Å²) in [6.45, 7) is 2.12. The van der Waals surface area contributed by atoms with Crippen LogP contribution >= 0.6 is 11.3 Å². The molecule has 4 aromatic rings. The van der Waals surface area contributed by atoms with Gasteiger partial charge in [-0.1, -0.05) is 49.4 Å². The fourth-order valence-corrected chi connectivity index (χ4v) is 3.93. The number of aromatic nitrogens is 2. The molecule has 0 saturated carbocycles. The number of thiazole rings is 1. The average Bonchev–Trinajstić information content (AvgIpc) is 3.39. The smallest absolute Gasteiger partial charge is 0.231 e. The number of carbonyl (C=O) groups excluding carboxylic acids is 2. The van der Waals surface area contributed by atoms with E-state index in [-0.39, 0.29) is 24.7 Å². The van der Waals surface area contributed by atoms with E-state index in [1.54, 1.807) is 10.8 Å². The molecule has 0 atom stereocenters. The van der Waals surface area contributed by atoms with Crippen LogP contribution in [0.15, 0.2) is 66.2 Å². The zero-order valence-electron chi connectivity index (χ0n) is 16.1. The van der Waals surface area contributed by atoms with Gasteiger partial charge in [-0.3, -0.25) is 14.2 Å². The summed E-state index contributed by atoms with van der Waals surface area (Å²) >= 11 is 1.38. The normalized spacial score (nSPS) is 10.9. The number of fused-ring (bicyclic) bond motifs is 1. The van der Waals surface area contributed by atoms with Crippen molar-refractivity contribution in [2.75, 3.05) is 5.32 Å². The van der Waals surface area contributed by atoms with Gasteiger partial charge in [-0.05, 0) is 24.1 Å². The van der Waals surface area contributed by atoms with Crippen LogP contribution in [0.25, 0.3) is 22.2 Å². The van der Waals surface area contributed by atoms with Crippen molar-refractivity contribution in [2.45, 2.75) is 26.2 Å². The van der Waals surface area contributed by atoms with Crippen LogP contribution in [0.1, 0.15) is 30.1 Å². The summed E-state index contributed by atoms with van der Waals surface area (Å²) < 4.78 is 1.60. The number of para-hydroxylation sites is 1. The van der Waals surface area contributed by atoms with Gasteiger partial charge in [0, 0.05) is 35.4 Å². The highest BCUT2D eigenvalue weighted by molar-refractivity contribution is 7.14. The van der Waals surface area contributed by atoms with Gasteiger partial charge in [0.1, 0.15) is 0 Å². The number of benzene rings is 2. The standard InChI is InChI=1S/C23H21N3O2S/c1-2-16-7-9-17(10-8-16)19-15-29-23(24-19)25-21(27)11-12-22(28)26-14-13-18-5-3-4-6-20(18)26/h3-10,13-15H,2,11-12H2,1H3,(H,24,25,27). The molecular formula is C23H21N3O2S. The Balaban J connectivity index is 1.35. The van der Waals surface area contributed by atoms with Crippen LogP contribution in [0.3, 0.4) is 0 Å². The zero-order valence-corrected chi connectivity index (χ0v) is 16.9. The Morgan fingerprint density at radius 1 is 1.03 bits per heavy atom. The number of hydrogen-bond acceptors (Lipinski definition) is 4. The van der Waals surface area contributed by atoms with Gasteiger partial charge in [0.15, 0.2) is 5.13 Å². The molecule has 0 fully saturated rings. The van der Waals surface area contributed by atoms with Crippen LogP contribution in [0.4, 0.5) is 5.13 Å². The predicted octanol–water partition coefficient (Wildman–Crippen LogP) is 5.39. The van der Waals surface area contributed by atoms with E-state index in [0.29, 0.717) is 5.13 Å². The lowest BCUT2D eigenvalue weighted by Crippen LogP contribution is -2.16. The number of nitrogens with one attached hydrogen (secondary N) is 1. The molecule has 1 amide bonds. The maximum atomic E-state index is 12.5. The van der Waals surface area contributed by atoms with Crippen LogP contribution in [-0.4, -0.2) is 21.4 Å². The number of aryl methyl sites for hydroxylation is 1. The van der Waals surface area contributed by atoms with E-state index in [1.165, 1.54) is 16.9 Å². The number of amides is 1. The summed E-state index contributed by atoms with van der Waals surface area (Å²) in [5, 5.41) is 6.28. The zero-order chi connectivity index (χ0) is 20.2. The fourth-order valence-electron chi connectivity index (χ4n) is 3.20. The highest BCUT2D eigenvalue weighted by atomic mass is 32.1. The molecule has 5 nitrogen and oxygen atoms in total. The largest absolute Gasteiger partial charge is 0.302 e. The lowest BCUT2D eigenvalue weighted by molar-refractivity contribution is -0.116. The van der Waals surface area contributed by atoms with Gasteiger partial charge < -0.3 is 5.32 Å². The minimum atomic E-state index is -0.211. The van der Waals surface area contributed by atoms with E-state index in [9.17, 15) is 9.59 Å². The van der Waals surface area contributed by atoms with Crippen molar-refractivity contribution in [1.82, 2.24) is 9.55 Å². The summed E-state index contributed by atoms with van der Waals surface area (Å²) in [5.41, 5.74) is 3.99. The number of hydrogen-bond donors (Lipinski definition) is 1. The maximum absolute atomic E-state index is 12.5. The second-order valence-corrected chi connectivity index (χ2v) is 7.63. The van der Waals surface area contributed by atoms with Gasteiger partial charge in [-0.15, -0.1) is 11.3 Å². The molecule has 0 radical (unpaired) electrons. The molecule has 0 bridgehead atoms. The van der Waals surface area contributed by atoms with Crippen molar-refractivity contribution < 1.29 is 9.59 Å². The summed E-state index contributed by atoms with van der Waals surface area (Å²) in [6.07, 6.45) is 3.00. The molecule has 6 heteroatoms. The lowest BCUT2D eigenvalue weighted by Gasteiger charge is -2.04. The Morgan fingerprint density at radius 2 is 1.83 bits per heavy atom. The van der Waals surface area contributed by atoms with Crippen LogP contribution in [0.5, 0.6) is 0 Å². The van der Waals surface area contributed by atoms with E-state index in [0.717, 1.165) is 28.6 Å². The van der Waals surface area contributed by atoms with Gasteiger partial charge in [0.05, 0.1) is 11.2 Å². The highest BCUT2D eigenvalue weighted by Gasteiger charge is 2.13. The molecule has 2 heterocycles. The van der Waals surface area contributed by atoms with Crippen molar-refractivity contribution in [3.63, 3.8) is 0 Å². The van der Waals surface area contributed by atoms with E-state index in [4.69, 9.17) is 0 Å². The topological polar surface area (TPSA) is 64.0 Å². The molecule has 0 aliphatic rings. The van der Waals surface area contributed by atoms with E-state index < -0.39 is 0 Å². The van der Waals surface area contributed by atoms with Gasteiger partial charge in [-0.2, -0.15) is 0 Å². The van der Waals surface area contributed by atoms with Crippen LogP contribution in [0, 0.1) is 0 Å². The Hall–Kier alpha value is -3.25. The lowest BCUT2D eigenvalue weighted by atomic mass is 10.1. The molecule has 4 rings (SSSR count). The van der Waals surface area contributed by atoms with Crippen LogP contribution in [-0.2, 0) is 11.2 Å². The first-order valence-corrected chi connectivity index (χ1v) is 10.5. The second kappa shape index (κ2) is 8.41. The van der Waals surface area contributed by atoms with Crippen molar-refractivity contribution in [3.05, 3.63) is 71.7 Å². The molecule has 29 heavy (non-hydrogen) atoms.